The fourth-order valence-corrected chi connectivity index (χ4v) is 5.39. The second kappa shape index (κ2) is 9.07. The molecule has 32 heavy (non-hydrogen) atoms. The zero-order valence-corrected chi connectivity index (χ0v) is 18.2. The number of hydrogen-bond acceptors (Lipinski definition) is 7. The van der Waals surface area contributed by atoms with Crippen LogP contribution in [0.1, 0.15) is 18.7 Å². The molecule has 1 amide bonds. The number of sulfone groups is 1. The first-order valence-electron chi connectivity index (χ1n) is 10.1. The monoisotopic (exact) mass is 459 g/mol. The van der Waals surface area contributed by atoms with Crippen molar-refractivity contribution in [2.24, 2.45) is 0 Å². The molecule has 4 rings (SSSR count). The van der Waals surface area contributed by atoms with Crippen molar-refractivity contribution >= 4 is 21.4 Å². The van der Waals surface area contributed by atoms with Crippen LogP contribution >= 0.6 is 0 Å². The van der Waals surface area contributed by atoms with E-state index in [-0.39, 0.29) is 42.0 Å². The van der Waals surface area contributed by atoms with Gasteiger partial charge in [0.1, 0.15) is 11.6 Å². The lowest BCUT2D eigenvalue weighted by molar-refractivity contribution is -0.119. The van der Waals surface area contributed by atoms with E-state index in [0.29, 0.717) is 29.2 Å². The van der Waals surface area contributed by atoms with E-state index >= 15 is 0 Å². The second-order valence-corrected chi connectivity index (χ2v) is 9.77. The molecule has 0 N–H and O–H groups in total. The van der Waals surface area contributed by atoms with Crippen LogP contribution in [0.4, 0.5) is 10.1 Å². The van der Waals surface area contributed by atoms with E-state index in [1.165, 1.54) is 12.1 Å². The molecule has 0 unspecified atom stereocenters. The summed E-state index contributed by atoms with van der Waals surface area (Å²) in [6.45, 7) is 0. The topological polar surface area (TPSA) is 103 Å². The second-order valence-electron chi connectivity index (χ2n) is 7.54. The predicted molar refractivity (Wildman–Crippen MR) is 116 cm³/mol. The largest absolute Gasteiger partial charge is 0.497 e. The third-order valence-corrected chi connectivity index (χ3v) is 7.07. The molecule has 0 saturated carbocycles. The molecule has 0 aliphatic carbocycles. The molecular formula is C22H22FN3O5S. The predicted octanol–water partition coefficient (Wildman–Crippen LogP) is 3.04. The van der Waals surface area contributed by atoms with E-state index in [2.05, 4.69) is 10.1 Å². The Hall–Kier alpha value is -3.27. The molecule has 8 nitrogen and oxygen atoms in total. The first-order chi connectivity index (χ1) is 15.3. The summed E-state index contributed by atoms with van der Waals surface area (Å²) in [5.41, 5.74) is 1.21. The zero-order chi connectivity index (χ0) is 22.7. The Morgan fingerprint density at radius 2 is 1.91 bits per heavy atom. The number of amides is 1. The molecule has 2 aromatic carbocycles. The molecule has 0 spiro atoms. The lowest BCUT2D eigenvalue weighted by Crippen LogP contribution is -2.41. The first-order valence-corrected chi connectivity index (χ1v) is 11.9. The highest BCUT2D eigenvalue weighted by molar-refractivity contribution is 7.91. The lowest BCUT2D eigenvalue weighted by atomic mass is 10.1. The molecule has 2 heterocycles. The van der Waals surface area contributed by atoms with Gasteiger partial charge in [-0.05, 0) is 55.0 Å². The van der Waals surface area contributed by atoms with Crippen molar-refractivity contribution in [3.8, 4) is 17.1 Å². The van der Waals surface area contributed by atoms with Crippen molar-refractivity contribution in [3.63, 3.8) is 0 Å². The number of aromatic nitrogens is 2. The number of benzene rings is 2. The van der Waals surface area contributed by atoms with Crippen LogP contribution in [0.2, 0.25) is 0 Å². The van der Waals surface area contributed by atoms with Crippen LogP contribution in [0.5, 0.6) is 5.75 Å². The molecule has 1 fully saturated rings. The van der Waals surface area contributed by atoms with E-state index in [1.807, 2.05) is 0 Å². The summed E-state index contributed by atoms with van der Waals surface area (Å²) in [7, 11) is -1.63. The number of hydrogen-bond donors (Lipinski definition) is 0. The summed E-state index contributed by atoms with van der Waals surface area (Å²) >= 11 is 0. The maximum Gasteiger partial charge on any atom is 0.227 e. The fourth-order valence-electron chi connectivity index (χ4n) is 3.69. The molecule has 3 aromatic rings. The van der Waals surface area contributed by atoms with Crippen molar-refractivity contribution < 1.29 is 26.9 Å². The Morgan fingerprint density at radius 1 is 1.19 bits per heavy atom. The zero-order valence-electron chi connectivity index (χ0n) is 17.4. The normalized spacial score (nSPS) is 17.2. The quantitative estimate of drug-likeness (QED) is 0.535. The number of aryl methyl sites for hydroxylation is 1. The molecular weight excluding hydrogens is 437 g/mol. The van der Waals surface area contributed by atoms with Crippen molar-refractivity contribution in [3.05, 3.63) is 60.2 Å². The Bertz CT molecular complexity index is 1190. The smallest absolute Gasteiger partial charge is 0.227 e. The molecule has 1 aliphatic rings. The van der Waals surface area contributed by atoms with E-state index < -0.39 is 15.9 Å². The summed E-state index contributed by atoms with van der Waals surface area (Å²) in [6, 6.07) is 12.2. The molecule has 168 valence electrons. The van der Waals surface area contributed by atoms with Crippen LogP contribution in [-0.4, -0.2) is 49.1 Å². The highest BCUT2D eigenvalue weighted by atomic mass is 32.2. The minimum atomic E-state index is -3.18. The van der Waals surface area contributed by atoms with Gasteiger partial charge < -0.3 is 14.2 Å². The molecule has 1 aliphatic heterocycles. The number of methoxy groups -OCH3 is 1. The average molecular weight is 459 g/mol. The first kappa shape index (κ1) is 21.9. The van der Waals surface area contributed by atoms with Crippen molar-refractivity contribution in [1.29, 1.82) is 0 Å². The van der Waals surface area contributed by atoms with E-state index in [1.54, 1.807) is 48.4 Å². The highest BCUT2D eigenvalue weighted by Gasteiger charge is 2.35. The van der Waals surface area contributed by atoms with Gasteiger partial charge in [-0.15, -0.1) is 0 Å². The Balaban J connectivity index is 1.49. The average Bonchev–Trinajstić information content (AvgIpc) is 3.40. The van der Waals surface area contributed by atoms with Gasteiger partial charge in [-0.2, -0.15) is 4.98 Å². The maximum atomic E-state index is 13.2. The molecule has 1 aromatic heterocycles. The van der Waals surface area contributed by atoms with E-state index in [9.17, 15) is 17.6 Å². The summed E-state index contributed by atoms with van der Waals surface area (Å²) in [5, 5.41) is 3.89. The molecule has 0 bridgehead atoms. The summed E-state index contributed by atoms with van der Waals surface area (Å²) in [4.78, 5) is 19.0. The fraction of sp³-hybridized carbons (Fsp3) is 0.318. The van der Waals surface area contributed by atoms with Crippen molar-refractivity contribution in [1.82, 2.24) is 10.1 Å². The number of carbonyl (C=O) groups is 1. The summed E-state index contributed by atoms with van der Waals surface area (Å²) in [6.07, 6.45) is 0.641. The summed E-state index contributed by atoms with van der Waals surface area (Å²) < 4.78 is 47.6. The Morgan fingerprint density at radius 3 is 2.53 bits per heavy atom. The van der Waals surface area contributed by atoms with Gasteiger partial charge >= 0.3 is 0 Å². The molecule has 1 saturated heterocycles. The van der Waals surface area contributed by atoms with Gasteiger partial charge in [-0.3, -0.25) is 4.79 Å². The van der Waals surface area contributed by atoms with Crippen LogP contribution in [0.15, 0.2) is 53.1 Å². The van der Waals surface area contributed by atoms with Gasteiger partial charge in [-0.25, -0.2) is 12.8 Å². The van der Waals surface area contributed by atoms with Gasteiger partial charge in [0.15, 0.2) is 9.84 Å². The van der Waals surface area contributed by atoms with Crippen LogP contribution in [0.3, 0.4) is 0 Å². The van der Waals surface area contributed by atoms with Gasteiger partial charge in [0.2, 0.25) is 17.6 Å². The summed E-state index contributed by atoms with van der Waals surface area (Å²) in [5.74, 6) is 0.601. The van der Waals surface area contributed by atoms with Crippen molar-refractivity contribution in [2.45, 2.75) is 25.3 Å². The van der Waals surface area contributed by atoms with Gasteiger partial charge in [0.05, 0.1) is 24.7 Å². The molecule has 1 atom stereocenters. The number of nitrogens with zero attached hydrogens (tertiary/aromatic N) is 3. The van der Waals surface area contributed by atoms with Crippen LogP contribution in [-0.2, 0) is 21.1 Å². The maximum absolute atomic E-state index is 13.2. The molecule has 10 heteroatoms. The minimum absolute atomic E-state index is 0.0578. The van der Waals surface area contributed by atoms with Crippen LogP contribution in [0, 0.1) is 5.82 Å². The van der Waals surface area contributed by atoms with Crippen LogP contribution < -0.4 is 9.64 Å². The number of halogens is 1. The molecule has 0 radical (unpaired) electrons. The van der Waals surface area contributed by atoms with Crippen LogP contribution in [0.25, 0.3) is 11.4 Å². The Kier molecular flexibility index (Phi) is 6.22. The van der Waals surface area contributed by atoms with Crippen molar-refractivity contribution in [2.75, 3.05) is 23.5 Å². The van der Waals surface area contributed by atoms with E-state index in [4.69, 9.17) is 9.26 Å². The standard InChI is InChI=1S/C22H22FN3O5S/c1-30-19-8-6-17(7-9-19)26(18-12-13-32(28,29)14-18)21(27)11-10-20-24-22(25-31-20)15-2-4-16(23)5-3-15/h2-9,18H,10-14H2,1H3/t18-/m0/s1. The lowest BCUT2D eigenvalue weighted by Gasteiger charge is -2.28. The number of rotatable bonds is 7. The number of anilines is 1. The Labute approximate surface area is 184 Å². The highest BCUT2D eigenvalue weighted by Crippen LogP contribution is 2.27. The van der Waals surface area contributed by atoms with Gasteiger partial charge in [0, 0.05) is 24.1 Å². The van der Waals surface area contributed by atoms with Gasteiger partial charge in [-0.1, -0.05) is 5.16 Å². The third-order valence-electron chi connectivity index (χ3n) is 5.32. The number of carbonyl (C=O) groups excluding carboxylic acids is 1. The minimum Gasteiger partial charge on any atom is -0.497 e. The third kappa shape index (κ3) is 4.96. The van der Waals surface area contributed by atoms with E-state index in [0.717, 1.165) is 0 Å². The SMILES string of the molecule is COc1ccc(N(C(=O)CCc2nc(-c3ccc(F)cc3)no2)[C@H]2CCS(=O)(=O)C2)cc1. The van der Waals surface area contributed by atoms with Gasteiger partial charge in [0.25, 0.3) is 0 Å². The number of ether oxygens (including phenoxy) is 1.